The van der Waals surface area contributed by atoms with Crippen LogP contribution in [0, 0.1) is 6.92 Å². The van der Waals surface area contributed by atoms with Crippen LogP contribution in [0.15, 0.2) is 36.5 Å². The lowest BCUT2D eigenvalue weighted by molar-refractivity contribution is -0.141. The third-order valence-electron chi connectivity index (χ3n) is 4.39. The number of benzene rings is 1. The van der Waals surface area contributed by atoms with E-state index in [9.17, 15) is 13.2 Å². The van der Waals surface area contributed by atoms with Gasteiger partial charge in [0.2, 0.25) is 0 Å². The molecule has 0 N–H and O–H groups in total. The highest BCUT2D eigenvalue weighted by Crippen LogP contribution is 2.28. The SMILES string of the molecule is Cc1ccccc1CN1CCC(Oc2nccc(C(F)(F)F)n2)CC1. The van der Waals surface area contributed by atoms with Gasteiger partial charge in [-0.05, 0) is 37.0 Å². The van der Waals surface area contributed by atoms with Crippen LogP contribution in [0.1, 0.15) is 29.7 Å². The lowest BCUT2D eigenvalue weighted by Crippen LogP contribution is -2.38. The van der Waals surface area contributed by atoms with E-state index in [0.29, 0.717) is 0 Å². The van der Waals surface area contributed by atoms with Crippen LogP contribution in [0.25, 0.3) is 0 Å². The van der Waals surface area contributed by atoms with Crippen LogP contribution in [0.2, 0.25) is 0 Å². The van der Waals surface area contributed by atoms with Gasteiger partial charge in [-0.15, -0.1) is 0 Å². The van der Waals surface area contributed by atoms with Crippen LogP contribution in [0.5, 0.6) is 6.01 Å². The number of piperidine rings is 1. The average molecular weight is 351 g/mol. The van der Waals surface area contributed by atoms with E-state index in [1.807, 2.05) is 12.1 Å². The Labute approximate surface area is 144 Å². The van der Waals surface area contributed by atoms with Crippen LogP contribution in [0.4, 0.5) is 13.2 Å². The summed E-state index contributed by atoms with van der Waals surface area (Å²) in [6.07, 6.45) is -2.08. The number of aromatic nitrogens is 2. The fourth-order valence-corrected chi connectivity index (χ4v) is 2.92. The highest BCUT2D eigenvalue weighted by molar-refractivity contribution is 5.25. The monoisotopic (exact) mass is 351 g/mol. The minimum atomic E-state index is -4.49. The molecule has 1 aliphatic heterocycles. The summed E-state index contributed by atoms with van der Waals surface area (Å²) >= 11 is 0. The largest absolute Gasteiger partial charge is 0.460 e. The Morgan fingerprint density at radius 1 is 1.16 bits per heavy atom. The summed E-state index contributed by atoms with van der Waals surface area (Å²) in [6.45, 7) is 4.63. The van der Waals surface area contributed by atoms with E-state index in [1.165, 1.54) is 11.1 Å². The Hall–Kier alpha value is -2.15. The molecule has 4 nitrogen and oxygen atoms in total. The quantitative estimate of drug-likeness (QED) is 0.839. The van der Waals surface area contributed by atoms with Crippen LogP contribution >= 0.6 is 0 Å². The Kier molecular flexibility index (Phi) is 5.22. The molecule has 0 spiro atoms. The molecule has 1 fully saturated rings. The zero-order chi connectivity index (χ0) is 17.9. The number of alkyl halides is 3. The molecule has 0 radical (unpaired) electrons. The van der Waals surface area contributed by atoms with Gasteiger partial charge in [-0.2, -0.15) is 18.2 Å². The predicted molar refractivity (Wildman–Crippen MR) is 87.1 cm³/mol. The minimum absolute atomic E-state index is 0.156. The van der Waals surface area contributed by atoms with Crippen molar-refractivity contribution in [3.8, 4) is 6.01 Å². The van der Waals surface area contributed by atoms with Crippen molar-refractivity contribution in [2.75, 3.05) is 13.1 Å². The number of likely N-dealkylation sites (tertiary alicyclic amines) is 1. The molecule has 1 aromatic carbocycles. The third-order valence-corrected chi connectivity index (χ3v) is 4.39. The van der Waals surface area contributed by atoms with Gasteiger partial charge in [0.15, 0.2) is 5.69 Å². The fraction of sp³-hybridized carbons (Fsp3) is 0.444. The van der Waals surface area contributed by atoms with Gasteiger partial charge in [-0.3, -0.25) is 4.90 Å². The summed E-state index contributed by atoms with van der Waals surface area (Å²) in [5.74, 6) is 0. The number of halogens is 3. The molecule has 1 aromatic heterocycles. The second kappa shape index (κ2) is 7.39. The summed E-state index contributed by atoms with van der Waals surface area (Å²) in [5, 5.41) is 0. The van der Waals surface area contributed by atoms with E-state index in [1.54, 1.807) is 0 Å². The molecule has 0 bridgehead atoms. The second-order valence-electron chi connectivity index (χ2n) is 6.24. The van der Waals surface area contributed by atoms with Gasteiger partial charge >= 0.3 is 12.2 Å². The van der Waals surface area contributed by atoms with Crippen LogP contribution in [-0.4, -0.2) is 34.1 Å². The van der Waals surface area contributed by atoms with Gasteiger partial charge in [0.1, 0.15) is 6.10 Å². The van der Waals surface area contributed by atoms with Crippen LogP contribution in [0.3, 0.4) is 0 Å². The molecule has 134 valence electrons. The first-order chi connectivity index (χ1) is 11.9. The molecule has 25 heavy (non-hydrogen) atoms. The van der Waals surface area contributed by atoms with Gasteiger partial charge < -0.3 is 4.74 Å². The molecule has 3 rings (SSSR count). The summed E-state index contributed by atoms with van der Waals surface area (Å²) in [5.41, 5.74) is 1.58. The summed E-state index contributed by atoms with van der Waals surface area (Å²) in [4.78, 5) is 9.59. The Morgan fingerprint density at radius 2 is 1.88 bits per heavy atom. The molecule has 0 atom stereocenters. The molecule has 2 heterocycles. The summed E-state index contributed by atoms with van der Waals surface area (Å²) in [6, 6.07) is 8.91. The molecule has 7 heteroatoms. The maximum Gasteiger partial charge on any atom is 0.433 e. The molecule has 0 saturated carbocycles. The first kappa shape index (κ1) is 17.7. The predicted octanol–water partition coefficient (Wildman–Crippen LogP) is 3.85. The van der Waals surface area contributed by atoms with Gasteiger partial charge in [0, 0.05) is 25.8 Å². The van der Waals surface area contributed by atoms with E-state index in [2.05, 4.69) is 33.9 Å². The molecular formula is C18H20F3N3O. The topological polar surface area (TPSA) is 38.2 Å². The van der Waals surface area contributed by atoms with Crippen molar-refractivity contribution in [2.45, 2.75) is 38.6 Å². The zero-order valence-corrected chi connectivity index (χ0v) is 14.0. The Balaban J connectivity index is 1.54. The van der Waals surface area contributed by atoms with Crippen molar-refractivity contribution < 1.29 is 17.9 Å². The van der Waals surface area contributed by atoms with Crippen LogP contribution < -0.4 is 4.74 Å². The van der Waals surface area contributed by atoms with Crippen LogP contribution in [-0.2, 0) is 12.7 Å². The van der Waals surface area contributed by atoms with E-state index < -0.39 is 11.9 Å². The lowest BCUT2D eigenvalue weighted by atomic mass is 10.0. The van der Waals surface area contributed by atoms with Crippen molar-refractivity contribution in [1.82, 2.24) is 14.9 Å². The first-order valence-electron chi connectivity index (χ1n) is 8.25. The van der Waals surface area contributed by atoms with Crippen molar-refractivity contribution in [2.24, 2.45) is 0 Å². The Bertz CT molecular complexity index is 713. The number of nitrogens with zero attached hydrogens (tertiary/aromatic N) is 3. The highest BCUT2D eigenvalue weighted by Gasteiger charge is 2.33. The highest BCUT2D eigenvalue weighted by atomic mass is 19.4. The molecule has 0 amide bonds. The molecular weight excluding hydrogens is 331 g/mol. The van der Waals surface area contributed by atoms with Gasteiger partial charge in [-0.1, -0.05) is 24.3 Å². The van der Waals surface area contributed by atoms with Crippen molar-refractivity contribution in [3.05, 3.63) is 53.3 Å². The van der Waals surface area contributed by atoms with Crippen molar-refractivity contribution in [3.63, 3.8) is 0 Å². The van der Waals surface area contributed by atoms with E-state index in [4.69, 9.17) is 4.74 Å². The molecule has 0 unspecified atom stereocenters. The maximum atomic E-state index is 12.7. The summed E-state index contributed by atoms with van der Waals surface area (Å²) in [7, 11) is 0. The Morgan fingerprint density at radius 3 is 2.56 bits per heavy atom. The zero-order valence-electron chi connectivity index (χ0n) is 14.0. The number of hydrogen-bond acceptors (Lipinski definition) is 4. The molecule has 0 aliphatic carbocycles. The van der Waals surface area contributed by atoms with E-state index in [0.717, 1.165) is 44.7 Å². The molecule has 1 aliphatic rings. The average Bonchev–Trinajstić information content (AvgIpc) is 2.58. The normalized spacial score (nSPS) is 16.8. The number of hydrogen-bond donors (Lipinski definition) is 0. The number of ether oxygens (including phenoxy) is 1. The molecule has 2 aromatic rings. The summed E-state index contributed by atoms with van der Waals surface area (Å²) < 4.78 is 43.6. The van der Waals surface area contributed by atoms with E-state index >= 15 is 0 Å². The van der Waals surface area contributed by atoms with Crippen molar-refractivity contribution in [1.29, 1.82) is 0 Å². The maximum absolute atomic E-state index is 12.7. The van der Waals surface area contributed by atoms with Gasteiger partial charge in [0.25, 0.3) is 0 Å². The lowest BCUT2D eigenvalue weighted by Gasteiger charge is -2.32. The third kappa shape index (κ3) is 4.69. The van der Waals surface area contributed by atoms with E-state index in [-0.39, 0.29) is 12.1 Å². The smallest absolute Gasteiger partial charge is 0.433 e. The number of rotatable bonds is 4. The number of aryl methyl sites for hydroxylation is 1. The fourth-order valence-electron chi connectivity index (χ4n) is 2.92. The second-order valence-corrected chi connectivity index (χ2v) is 6.24. The standard InChI is InChI=1S/C18H20F3N3O/c1-13-4-2-3-5-14(13)12-24-10-7-15(8-11-24)25-17-22-9-6-16(23-17)18(19,20)21/h2-6,9,15H,7-8,10-12H2,1H3. The van der Waals surface area contributed by atoms with Gasteiger partial charge in [-0.25, -0.2) is 4.98 Å². The molecule has 1 saturated heterocycles. The minimum Gasteiger partial charge on any atom is -0.460 e. The first-order valence-corrected chi connectivity index (χ1v) is 8.25. The van der Waals surface area contributed by atoms with Gasteiger partial charge in [0.05, 0.1) is 0 Å². The van der Waals surface area contributed by atoms with Crippen molar-refractivity contribution >= 4 is 0 Å².